The minimum atomic E-state index is -0.384. The highest BCUT2D eigenvalue weighted by Crippen LogP contribution is 2.19. The standard InChI is InChI=1S/C19H17ClN4O2/c1-12-4-10-15(11-5-12)24-17(19(26)23(2)3)16(21-22-24)18(25)13-6-8-14(20)9-7-13/h4-11H,1-3H3. The number of amides is 1. The van der Waals surface area contributed by atoms with Gasteiger partial charge in [-0.05, 0) is 43.3 Å². The zero-order valence-electron chi connectivity index (χ0n) is 14.6. The van der Waals surface area contributed by atoms with Crippen molar-refractivity contribution in [3.8, 4) is 5.69 Å². The van der Waals surface area contributed by atoms with Crippen LogP contribution in [0.15, 0.2) is 48.5 Å². The van der Waals surface area contributed by atoms with E-state index in [-0.39, 0.29) is 23.1 Å². The van der Waals surface area contributed by atoms with Gasteiger partial charge < -0.3 is 4.90 Å². The Morgan fingerprint density at radius 3 is 2.19 bits per heavy atom. The first-order chi connectivity index (χ1) is 12.4. The third-order valence-corrected chi connectivity index (χ3v) is 4.13. The van der Waals surface area contributed by atoms with E-state index in [9.17, 15) is 9.59 Å². The molecule has 0 bridgehead atoms. The normalized spacial score (nSPS) is 10.6. The first kappa shape index (κ1) is 17.8. The summed E-state index contributed by atoms with van der Waals surface area (Å²) in [6.07, 6.45) is 0. The van der Waals surface area contributed by atoms with Crippen LogP contribution < -0.4 is 0 Å². The summed E-state index contributed by atoms with van der Waals surface area (Å²) in [4.78, 5) is 27.0. The molecule has 3 rings (SSSR count). The molecule has 0 radical (unpaired) electrons. The largest absolute Gasteiger partial charge is 0.343 e. The van der Waals surface area contributed by atoms with Crippen LogP contribution in [0.25, 0.3) is 5.69 Å². The molecule has 0 unspecified atom stereocenters. The average molecular weight is 369 g/mol. The zero-order chi connectivity index (χ0) is 18.8. The Morgan fingerprint density at radius 2 is 1.62 bits per heavy atom. The predicted molar refractivity (Wildman–Crippen MR) is 99.0 cm³/mol. The molecule has 3 aromatic rings. The molecule has 0 atom stereocenters. The smallest absolute Gasteiger partial charge is 0.274 e. The second-order valence-corrected chi connectivity index (χ2v) is 6.51. The highest BCUT2D eigenvalue weighted by molar-refractivity contribution is 6.30. The van der Waals surface area contributed by atoms with E-state index < -0.39 is 0 Å². The first-order valence-corrected chi connectivity index (χ1v) is 8.31. The van der Waals surface area contributed by atoms with Gasteiger partial charge in [0.05, 0.1) is 5.69 Å². The summed E-state index contributed by atoms with van der Waals surface area (Å²) in [6, 6.07) is 13.9. The maximum Gasteiger partial charge on any atom is 0.274 e. The van der Waals surface area contributed by atoms with Crippen molar-refractivity contribution in [2.24, 2.45) is 0 Å². The van der Waals surface area contributed by atoms with Gasteiger partial charge in [-0.3, -0.25) is 9.59 Å². The van der Waals surface area contributed by atoms with Crippen LogP contribution in [-0.4, -0.2) is 45.7 Å². The molecular formula is C19H17ClN4O2. The second-order valence-electron chi connectivity index (χ2n) is 6.07. The van der Waals surface area contributed by atoms with Gasteiger partial charge in [-0.25, -0.2) is 4.68 Å². The van der Waals surface area contributed by atoms with E-state index in [0.717, 1.165) is 5.56 Å². The van der Waals surface area contributed by atoms with Crippen LogP contribution in [0.3, 0.4) is 0 Å². The van der Waals surface area contributed by atoms with Crippen LogP contribution in [0.5, 0.6) is 0 Å². The maximum absolute atomic E-state index is 12.9. The number of ketones is 1. The second kappa shape index (κ2) is 7.09. The number of carbonyl (C=O) groups excluding carboxylic acids is 2. The van der Waals surface area contributed by atoms with Gasteiger partial charge in [-0.1, -0.05) is 34.5 Å². The van der Waals surface area contributed by atoms with Crippen LogP contribution in [0, 0.1) is 6.92 Å². The van der Waals surface area contributed by atoms with Gasteiger partial charge in [0.2, 0.25) is 5.78 Å². The molecule has 0 saturated heterocycles. The van der Waals surface area contributed by atoms with E-state index in [0.29, 0.717) is 16.3 Å². The van der Waals surface area contributed by atoms with Gasteiger partial charge in [0.25, 0.3) is 5.91 Å². The Labute approximate surface area is 156 Å². The van der Waals surface area contributed by atoms with Crippen molar-refractivity contribution in [2.45, 2.75) is 6.92 Å². The molecule has 0 fully saturated rings. The van der Waals surface area contributed by atoms with E-state index in [1.54, 1.807) is 38.4 Å². The number of nitrogens with zero attached hydrogens (tertiary/aromatic N) is 4. The van der Waals surface area contributed by atoms with Crippen LogP contribution in [-0.2, 0) is 0 Å². The lowest BCUT2D eigenvalue weighted by Gasteiger charge is -2.13. The lowest BCUT2D eigenvalue weighted by atomic mass is 10.1. The van der Waals surface area contributed by atoms with E-state index in [4.69, 9.17) is 11.6 Å². The van der Waals surface area contributed by atoms with Crippen LogP contribution in [0.1, 0.15) is 32.1 Å². The number of aryl methyl sites for hydroxylation is 1. The van der Waals surface area contributed by atoms with Crippen molar-refractivity contribution in [1.29, 1.82) is 0 Å². The quantitative estimate of drug-likeness (QED) is 0.663. The summed E-state index contributed by atoms with van der Waals surface area (Å²) >= 11 is 5.88. The molecule has 0 aliphatic carbocycles. The number of carbonyl (C=O) groups is 2. The fourth-order valence-corrected chi connectivity index (χ4v) is 2.57. The molecule has 0 spiro atoms. The number of benzene rings is 2. The van der Waals surface area contributed by atoms with Crippen LogP contribution in [0.4, 0.5) is 0 Å². The van der Waals surface area contributed by atoms with Crippen molar-refractivity contribution in [1.82, 2.24) is 19.9 Å². The van der Waals surface area contributed by atoms with Gasteiger partial charge in [-0.2, -0.15) is 0 Å². The molecule has 0 aliphatic rings. The Morgan fingerprint density at radius 1 is 1.00 bits per heavy atom. The van der Waals surface area contributed by atoms with Gasteiger partial charge in [0.15, 0.2) is 11.4 Å². The lowest BCUT2D eigenvalue weighted by Crippen LogP contribution is -2.26. The molecule has 6 nitrogen and oxygen atoms in total. The van der Waals surface area contributed by atoms with Gasteiger partial charge in [-0.15, -0.1) is 5.10 Å². The van der Waals surface area contributed by atoms with Crippen molar-refractivity contribution in [2.75, 3.05) is 14.1 Å². The Balaban J connectivity index is 2.13. The number of hydrogen-bond acceptors (Lipinski definition) is 4. The fourth-order valence-electron chi connectivity index (χ4n) is 2.44. The highest BCUT2D eigenvalue weighted by atomic mass is 35.5. The Hall–Kier alpha value is -2.99. The zero-order valence-corrected chi connectivity index (χ0v) is 15.4. The van der Waals surface area contributed by atoms with E-state index in [1.807, 2.05) is 31.2 Å². The van der Waals surface area contributed by atoms with E-state index in [1.165, 1.54) is 9.58 Å². The highest BCUT2D eigenvalue weighted by Gasteiger charge is 2.28. The number of aromatic nitrogens is 3. The molecule has 132 valence electrons. The molecule has 0 N–H and O–H groups in total. The third kappa shape index (κ3) is 3.36. The third-order valence-electron chi connectivity index (χ3n) is 3.88. The SMILES string of the molecule is Cc1ccc(-n2nnc(C(=O)c3ccc(Cl)cc3)c2C(=O)N(C)C)cc1. The number of rotatable bonds is 4. The topological polar surface area (TPSA) is 68.1 Å². The van der Waals surface area contributed by atoms with Crippen molar-refractivity contribution in [3.63, 3.8) is 0 Å². The molecule has 0 aliphatic heterocycles. The number of hydrogen-bond donors (Lipinski definition) is 0. The van der Waals surface area contributed by atoms with Crippen LogP contribution in [0.2, 0.25) is 5.02 Å². The summed E-state index contributed by atoms with van der Waals surface area (Å²) < 4.78 is 1.39. The minimum Gasteiger partial charge on any atom is -0.343 e. The van der Waals surface area contributed by atoms with Crippen molar-refractivity contribution < 1.29 is 9.59 Å². The Kier molecular flexibility index (Phi) is 4.86. The first-order valence-electron chi connectivity index (χ1n) is 7.93. The molecular weight excluding hydrogens is 352 g/mol. The number of halogens is 1. The molecule has 26 heavy (non-hydrogen) atoms. The van der Waals surface area contributed by atoms with Gasteiger partial charge >= 0.3 is 0 Å². The monoisotopic (exact) mass is 368 g/mol. The summed E-state index contributed by atoms with van der Waals surface area (Å²) in [5, 5.41) is 8.58. The Bertz CT molecular complexity index is 960. The molecule has 1 amide bonds. The summed E-state index contributed by atoms with van der Waals surface area (Å²) in [5.74, 6) is -0.738. The van der Waals surface area contributed by atoms with E-state index >= 15 is 0 Å². The fraction of sp³-hybridized carbons (Fsp3) is 0.158. The lowest BCUT2D eigenvalue weighted by molar-refractivity contribution is 0.0813. The molecule has 1 aromatic heterocycles. The summed E-state index contributed by atoms with van der Waals surface area (Å²) in [6.45, 7) is 1.96. The summed E-state index contributed by atoms with van der Waals surface area (Å²) in [7, 11) is 3.23. The van der Waals surface area contributed by atoms with Gasteiger partial charge in [0.1, 0.15) is 0 Å². The predicted octanol–water partition coefficient (Wildman–Crippen LogP) is 3.16. The van der Waals surface area contributed by atoms with Crippen LogP contribution >= 0.6 is 11.6 Å². The molecule has 0 saturated carbocycles. The minimum absolute atomic E-state index is 0.00611. The average Bonchev–Trinajstić information content (AvgIpc) is 3.06. The van der Waals surface area contributed by atoms with E-state index in [2.05, 4.69) is 10.3 Å². The molecule has 7 heteroatoms. The molecule has 2 aromatic carbocycles. The van der Waals surface area contributed by atoms with Gasteiger partial charge in [0, 0.05) is 24.7 Å². The summed E-state index contributed by atoms with van der Waals surface area (Å²) in [5.41, 5.74) is 2.25. The van der Waals surface area contributed by atoms with Crippen molar-refractivity contribution >= 4 is 23.3 Å². The van der Waals surface area contributed by atoms with Crippen molar-refractivity contribution in [3.05, 3.63) is 76.1 Å². The maximum atomic E-state index is 12.9. The molecule has 1 heterocycles.